The van der Waals surface area contributed by atoms with E-state index in [1.807, 2.05) is 6.08 Å². The number of carbonyl (C=O) groups is 1. The van der Waals surface area contributed by atoms with Crippen LogP contribution < -0.4 is 0 Å². The maximum absolute atomic E-state index is 11.4. The number of methoxy groups -OCH3 is 1. The highest BCUT2D eigenvalue weighted by molar-refractivity contribution is 5.69. The fraction of sp³-hybridized carbons (Fsp3) is 0.833. The van der Waals surface area contributed by atoms with Crippen LogP contribution in [0.2, 0.25) is 0 Å². The third-order valence-electron chi connectivity index (χ3n) is 7.78. The maximum atomic E-state index is 11.4. The Bertz CT molecular complexity index is 681. The zero-order valence-electron chi connectivity index (χ0n) is 23.1. The Morgan fingerprint density at radius 1 is 1.05 bits per heavy atom. The molecule has 0 aromatic heterocycles. The monoisotopic (exact) mass is 522 g/mol. The van der Waals surface area contributed by atoms with E-state index < -0.39 is 6.10 Å². The molecule has 2 heterocycles. The van der Waals surface area contributed by atoms with Gasteiger partial charge in [-0.05, 0) is 63.7 Å². The van der Waals surface area contributed by atoms with Crippen molar-refractivity contribution in [3.05, 3.63) is 24.3 Å². The first-order valence-electron chi connectivity index (χ1n) is 14.7. The number of carbonyl (C=O) groups excluding carboxylic acids is 1. The minimum Gasteiger partial charge on any atom is -0.469 e. The van der Waals surface area contributed by atoms with Crippen molar-refractivity contribution < 1.29 is 33.6 Å². The first kappa shape index (κ1) is 30.3. The van der Waals surface area contributed by atoms with Crippen molar-refractivity contribution in [1.82, 2.24) is 0 Å². The van der Waals surface area contributed by atoms with Crippen molar-refractivity contribution in [2.24, 2.45) is 11.8 Å². The van der Waals surface area contributed by atoms with Crippen molar-refractivity contribution in [3.8, 4) is 0 Å². The first-order valence-corrected chi connectivity index (χ1v) is 14.7. The van der Waals surface area contributed by atoms with Crippen molar-refractivity contribution in [1.29, 1.82) is 0 Å². The summed E-state index contributed by atoms with van der Waals surface area (Å²) in [7, 11) is 1.41. The zero-order chi connectivity index (χ0) is 26.3. The summed E-state index contributed by atoms with van der Waals surface area (Å²) in [6.07, 6.45) is 20.7. The molecule has 1 N–H and O–H groups in total. The summed E-state index contributed by atoms with van der Waals surface area (Å²) in [6.45, 7) is 3.72. The van der Waals surface area contributed by atoms with Gasteiger partial charge in [0, 0.05) is 32.0 Å². The lowest BCUT2D eigenvalue weighted by Gasteiger charge is -2.30. The Hall–Kier alpha value is -1.25. The van der Waals surface area contributed by atoms with Crippen molar-refractivity contribution in [2.75, 3.05) is 20.3 Å². The molecule has 212 valence electrons. The van der Waals surface area contributed by atoms with Crippen LogP contribution in [-0.4, -0.2) is 62.3 Å². The molecule has 3 fully saturated rings. The number of unbranched alkanes of at least 4 members (excludes halogenated alkanes) is 2. The van der Waals surface area contributed by atoms with Gasteiger partial charge in [-0.15, -0.1) is 0 Å². The molecular weight excluding hydrogens is 472 g/mol. The molecular formula is C30H50O7. The number of ether oxygens (including phenoxy) is 5. The SMILES string of the molecule is CCCCC[C@@H](/C=C/[C@@H]1[C@@H](C/C=C\CCC(=O)OC)[C@@H](O)C[C@H]1OC1CCCCO1)OC1CCCCO1. The molecule has 2 unspecified atom stereocenters. The van der Waals surface area contributed by atoms with E-state index >= 15 is 0 Å². The van der Waals surface area contributed by atoms with Crippen LogP contribution in [0.25, 0.3) is 0 Å². The smallest absolute Gasteiger partial charge is 0.305 e. The standard InChI is InChI=1S/C30H50O7/c1-3-4-6-13-23(36-29-16-9-11-20-34-29)18-19-25-24(14-7-5-8-15-28(32)33-2)26(31)22-27(25)37-30-17-10-12-21-35-30/h5,7,18-19,23-27,29-31H,3-4,6,8-17,20-22H2,1-2H3/b7-5-,19-18+/t23-,24+,25+,26-,27+,29?,30?/m0/s1. The van der Waals surface area contributed by atoms with Crippen LogP contribution in [0.3, 0.4) is 0 Å². The van der Waals surface area contributed by atoms with Gasteiger partial charge in [0.15, 0.2) is 12.6 Å². The Balaban J connectivity index is 1.67. The number of allylic oxidation sites excluding steroid dienone is 2. The van der Waals surface area contributed by atoms with Crippen LogP contribution in [0.4, 0.5) is 0 Å². The van der Waals surface area contributed by atoms with Gasteiger partial charge in [-0.3, -0.25) is 4.79 Å². The molecule has 2 saturated heterocycles. The molecule has 2 aliphatic heterocycles. The molecule has 7 atom stereocenters. The molecule has 1 saturated carbocycles. The Labute approximate surface area is 223 Å². The van der Waals surface area contributed by atoms with Gasteiger partial charge in [0.1, 0.15) is 0 Å². The summed E-state index contributed by atoms with van der Waals surface area (Å²) in [5.74, 6) is -0.0971. The molecule has 0 aromatic rings. The topological polar surface area (TPSA) is 83.5 Å². The van der Waals surface area contributed by atoms with E-state index in [2.05, 4.69) is 25.2 Å². The molecule has 0 bridgehead atoms. The average molecular weight is 523 g/mol. The van der Waals surface area contributed by atoms with Crippen molar-refractivity contribution in [3.63, 3.8) is 0 Å². The molecule has 7 heteroatoms. The number of esters is 1. The van der Waals surface area contributed by atoms with Gasteiger partial charge in [0.25, 0.3) is 0 Å². The van der Waals surface area contributed by atoms with Gasteiger partial charge in [-0.2, -0.15) is 0 Å². The number of hydrogen-bond donors (Lipinski definition) is 1. The summed E-state index contributed by atoms with van der Waals surface area (Å²) >= 11 is 0. The molecule has 1 aliphatic carbocycles. The second-order valence-electron chi connectivity index (χ2n) is 10.7. The van der Waals surface area contributed by atoms with Crippen LogP contribution >= 0.6 is 0 Å². The van der Waals surface area contributed by atoms with Crippen molar-refractivity contribution in [2.45, 2.75) is 128 Å². The third-order valence-corrected chi connectivity index (χ3v) is 7.78. The lowest BCUT2D eigenvalue weighted by atomic mass is 9.89. The third kappa shape index (κ3) is 10.8. The molecule has 0 aromatic carbocycles. The van der Waals surface area contributed by atoms with Gasteiger partial charge in [-0.25, -0.2) is 0 Å². The summed E-state index contributed by atoms with van der Waals surface area (Å²) in [4.78, 5) is 11.4. The van der Waals surface area contributed by atoms with Gasteiger partial charge < -0.3 is 28.8 Å². The summed E-state index contributed by atoms with van der Waals surface area (Å²) < 4.78 is 29.3. The lowest BCUT2D eigenvalue weighted by Crippen LogP contribution is -2.31. The highest BCUT2D eigenvalue weighted by Crippen LogP contribution is 2.39. The number of aliphatic hydroxyl groups excluding tert-OH is 1. The van der Waals surface area contributed by atoms with E-state index in [9.17, 15) is 9.90 Å². The van der Waals surface area contributed by atoms with E-state index in [4.69, 9.17) is 23.7 Å². The molecule has 0 amide bonds. The highest BCUT2D eigenvalue weighted by Gasteiger charge is 2.42. The Morgan fingerprint density at radius 3 is 2.49 bits per heavy atom. The number of aliphatic hydroxyl groups is 1. The average Bonchev–Trinajstić information content (AvgIpc) is 3.21. The highest BCUT2D eigenvalue weighted by atomic mass is 16.7. The van der Waals surface area contributed by atoms with E-state index in [1.165, 1.54) is 20.0 Å². The summed E-state index contributed by atoms with van der Waals surface area (Å²) in [5, 5.41) is 11.0. The van der Waals surface area contributed by atoms with E-state index in [1.54, 1.807) is 0 Å². The van der Waals surface area contributed by atoms with Crippen LogP contribution in [-0.2, 0) is 28.5 Å². The maximum Gasteiger partial charge on any atom is 0.305 e. The molecule has 3 rings (SSSR count). The van der Waals surface area contributed by atoms with Crippen molar-refractivity contribution >= 4 is 5.97 Å². The minimum absolute atomic E-state index is 0.00442. The fourth-order valence-electron chi connectivity index (χ4n) is 5.59. The number of hydrogen-bond acceptors (Lipinski definition) is 7. The molecule has 7 nitrogen and oxygen atoms in total. The fourth-order valence-corrected chi connectivity index (χ4v) is 5.59. The van der Waals surface area contributed by atoms with E-state index in [0.29, 0.717) is 19.3 Å². The summed E-state index contributed by atoms with van der Waals surface area (Å²) in [6, 6.07) is 0. The second-order valence-corrected chi connectivity index (χ2v) is 10.7. The van der Waals surface area contributed by atoms with Crippen LogP contribution in [0, 0.1) is 11.8 Å². The second kappa shape index (κ2) is 17.4. The van der Waals surface area contributed by atoms with E-state index in [0.717, 1.165) is 71.0 Å². The van der Waals surface area contributed by atoms with Gasteiger partial charge in [-0.1, -0.05) is 50.5 Å². The molecule has 0 spiro atoms. The minimum atomic E-state index is -0.449. The van der Waals surface area contributed by atoms with Gasteiger partial charge in [0.2, 0.25) is 0 Å². The zero-order valence-corrected chi connectivity index (χ0v) is 23.1. The Kier molecular flexibility index (Phi) is 14.2. The quantitative estimate of drug-likeness (QED) is 0.164. The van der Waals surface area contributed by atoms with Gasteiger partial charge in [0.05, 0.1) is 25.4 Å². The van der Waals surface area contributed by atoms with Gasteiger partial charge >= 0.3 is 5.97 Å². The van der Waals surface area contributed by atoms with Crippen LogP contribution in [0.15, 0.2) is 24.3 Å². The lowest BCUT2D eigenvalue weighted by molar-refractivity contribution is -0.193. The molecule has 0 radical (unpaired) electrons. The van der Waals surface area contributed by atoms with E-state index in [-0.39, 0.29) is 42.6 Å². The predicted octanol–water partition coefficient (Wildman–Crippen LogP) is 5.84. The van der Waals surface area contributed by atoms with Crippen LogP contribution in [0.1, 0.15) is 96.8 Å². The first-order chi connectivity index (χ1) is 18.1. The molecule has 3 aliphatic rings. The number of rotatable bonds is 15. The Morgan fingerprint density at radius 2 is 1.81 bits per heavy atom. The van der Waals surface area contributed by atoms with Crippen LogP contribution in [0.5, 0.6) is 0 Å². The molecule has 37 heavy (non-hydrogen) atoms. The predicted molar refractivity (Wildman–Crippen MR) is 143 cm³/mol. The largest absolute Gasteiger partial charge is 0.469 e. The normalized spacial score (nSPS) is 31.8. The summed E-state index contributed by atoms with van der Waals surface area (Å²) in [5.41, 5.74) is 0.